The van der Waals surface area contributed by atoms with Crippen LogP contribution in [0.1, 0.15) is 43.2 Å². The van der Waals surface area contributed by atoms with Crippen LogP contribution in [0.4, 0.5) is 0 Å². The highest BCUT2D eigenvalue weighted by atomic mass is 35.5. The molecule has 0 bridgehead atoms. The number of hydrogen-bond acceptors (Lipinski definition) is 2. The molecule has 1 heterocycles. The molecule has 0 aromatic heterocycles. The van der Waals surface area contributed by atoms with Gasteiger partial charge >= 0.3 is 0 Å². The minimum absolute atomic E-state index is 0. The third-order valence-electron chi connectivity index (χ3n) is 5.55. The highest BCUT2D eigenvalue weighted by molar-refractivity contribution is 5.85. The van der Waals surface area contributed by atoms with E-state index in [4.69, 9.17) is 0 Å². The van der Waals surface area contributed by atoms with Crippen LogP contribution in [0.5, 0.6) is 0 Å². The van der Waals surface area contributed by atoms with E-state index in [-0.39, 0.29) is 29.6 Å². The van der Waals surface area contributed by atoms with Crippen LogP contribution in [0.3, 0.4) is 0 Å². The molecule has 3 nitrogen and oxygen atoms in total. The van der Waals surface area contributed by atoms with Gasteiger partial charge in [0.1, 0.15) is 0 Å². The van der Waals surface area contributed by atoms with E-state index in [1.165, 1.54) is 11.1 Å². The standard InChI is InChI=1S/C23H30N2O.ClH/c1-23(12-14-24-15-13-23)18-25-22(26)17-21(20-10-6-3-7-11-20)16-19-8-4-2-5-9-19;/h2-11,21,24H,12-18H2,1H3,(H,25,26);1H. The van der Waals surface area contributed by atoms with E-state index in [9.17, 15) is 4.79 Å². The largest absolute Gasteiger partial charge is 0.356 e. The molecular weight excluding hydrogens is 356 g/mol. The number of hydrogen-bond donors (Lipinski definition) is 2. The Labute approximate surface area is 169 Å². The predicted molar refractivity (Wildman–Crippen MR) is 114 cm³/mol. The highest BCUT2D eigenvalue weighted by Gasteiger charge is 2.27. The first kappa shape index (κ1) is 21.5. The van der Waals surface area contributed by atoms with Gasteiger partial charge in [-0.3, -0.25) is 4.79 Å². The molecular formula is C23H31ClN2O. The minimum Gasteiger partial charge on any atom is -0.356 e. The topological polar surface area (TPSA) is 41.1 Å². The molecule has 3 rings (SSSR count). The second-order valence-corrected chi connectivity index (χ2v) is 7.84. The summed E-state index contributed by atoms with van der Waals surface area (Å²) >= 11 is 0. The molecule has 1 aliphatic rings. The van der Waals surface area contributed by atoms with Crippen molar-refractivity contribution in [1.82, 2.24) is 10.6 Å². The SMILES string of the molecule is CC1(CNC(=O)CC(Cc2ccccc2)c2ccccc2)CCNCC1.Cl. The average Bonchev–Trinajstić information content (AvgIpc) is 2.68. The van der Waals surface area contributed by atoms with Gasteiger partial charge < -0.3 is 10.6 Å². The summed E-state index contributed by atoms with van der Waals surface area (Å²) in [6, 6.07) is 20.9. The summed E-state index contributed by atoms with van der Waals surface area (Å²) in [4.78, 5) is 12.7. The van der Waals surface area contributed by atoms with E-state index < -0.39 is 0 Å². The van der Waals surface area contributed by atoms with Gasteiger partial charge in [0, 0.05) is 13.0 Å². The minimum atomic E-state index is 0. The van der Waals surface area contributed by atoms with Crippen molar-refractivity contribution in [3.63, 3.8) is 0 Å². The fourth-order valence-corrected chi connectivity index (χ4v) is 3.75. The molecule has 0 aliphatic carbocycles. The Balaban J connectivity index is 0.00000261. The second kappa shape index (κ2) is 10.5. The summed E-state index contributed by atoms with van der Waals surface area (Å²) in [5.74, 6) is 0.369. The van der Waals surface area contributed by atoms with Crippen molar-refractivity contribution in [2.24, 2.45) is 5.41 Å². The number of nitrogens with one attached hydrogen (secondary N) is 2. The zero-order chi connectivity index (χ0) is 18.2. The molecule has 0 radical (unpaired) electrons. The maximum atomic E-state index is 12.7. The molecule has 2 N–H and O–H groups in total. The third kappa shape index (κ3) is 6.67. The molecule has 27 heavy (non-hydrogen) atoms. The number of halogens is 1. The zero-order valence-corrected chi connectivity index (χ0v) is 16.9. The van der Waals surface area contributed by atoms with Crippen molar-refractivity contribution in [2.45, 2.75) is 38.5 Å². The van der Waals surface area contributed by atoms with Gasteiger partial charge in [0.15, 0.2) is 0 Å². The van der Waals surface area contributed by atoms with E-state index >= 15 is 0 Å². The fourth-order valence-electron chi connectivity index (χ4n) is 3.75. The van der Waals surface area contributed by atoms with Gasteiger partial charge in [0.2, 0.25) is 5.91 Å². The molecule has 1 aliphatic heterocycles. The van der Waals surface area contributed by atoms with Gasteiger partial charge in [-0.2, -0.15) is 0 Å². The Morgan fingerprint density at radius 2 is 1.63 bits per heavy atom. The van der Waals surface area contributed by atoms with E-state index in [0.717, 1.165) is 38.9 Å². The number of rotatable bonds is 7. The summed E-state index contributed by atoms with van der Waals surface area (Å²) in [5, 5.41) is 6.61. The van der Waals surface area contributed by atoms with Gasteiger partial charge in [-0.15, -0.1) is 12.4 Å². The summed E-state index contributed by atoms with van der Waals surface area (Å²) in [5.41, 5.74) is 2.74. The number of carbonyl (C=O) groups is 1. The molecule has 1 amide bonds. The Hall–Kier alpha value is -1.84. The lowest BCUT2D eigenvalue weighted by molar-refractivity contribution is -0.122. The first-order valence-corrected chi connectivity index (χ1v) is 9.71. The van der Waals surface area contributed by atoms with Crippen LogP contribution in [-0.4, -0.2) is 25.5 Å². The zero-order valence-electron chi connectivity index (χ0n) is 16.1. The quantitative estimate of drug-likeness (QED) is 0.743. The molecule has 1 saturated heterocycles. The normalized spacial score (nSPS) is 16.8. The van der Waals surface area contributed by atoms with E-state index in [2.05, 4.69) is 66.1 Å². The molecule has 2 aromatic carbocycles. The molecule has 2 aromatic rings. The van der Waals surface area contributed by atoms with E-state index in [0.29, 0.717) is 6.42 Å². The van der Waals surface area contributed by atoms with Crippen molar-refractivity contribution in [3.8, 4) is 0 Å². The lowest BCUT2D eigenvalue weighted by Gasteiger charge is -2.34. The molecule has 1 atom stereocenters. The van der Waals surface area contributed by atoms with Crippen LogP contribution in [0.2, 0.25) is 0 Å². The van der Waals surface area contributed by atoms with Crippen LogP contribution < -0.4 is 10.6 Å². The summed E-state index contributed by atoms with van der Waals surface area (Å²) in [7, 11) is 0. The number of carbonyl (C=O) groups excluding carboxylic acids is 1. The lowest BCUT2D eigenvalue weighted by atomic mass is 9.81. The maximum absolute atomic E-state index is 12.7. The van der Waals surface area contributed by atoms with Crippen LogP contribution >= 0.6 is 12.4 Å². The van der Waals surface area contributed by atoms with Crippen LogP contribution in [0.25, 0.3) is 0 Å². The average molecular weight is 387 g/mol. The van der Waals surface area contributed by atoms with Gasteiger partial charge in [0.25, 0.3) is 0 Å². The predicted octanol–water partition coefficient (Wildman–Crippen LogP) is 4.33. The second-order valence-electron chi connectivity index (χ2n) is 7.84. The maximum Gasteiger partial charge on any atom is 0.220 e. The van der Waals surface area contributed by atoms with Gasteiger partial charge in [0.05, 0.1) is 0 Å². The van der Waals surface area contributed by atoms with Crippen molar-refractivity contribution in [2.75, 3.05) is 19.6 Å². The van der Waals surface area contributed by atoms with Crippen LogP contribution in [-0.2, 0) is 11.2 Å². The number of piperidine rings is 1. The molecule has 146 valence electrons. The van der Waals surface area contributed by atoms with E-state index in [1.54, 1.807) is 0 Å². The highest BCUT2D eigenvalue weighted by Crippen LogP contribution is 2.28. The van der Waals surface area contributed by atoms with Gasteiger partial charge in [-0.1, -0.05) is 67.6 Å². The van der Waals surface area contributed by atoms with Gasteiger partial charge in [-0.25, -0.2) is 0 Å². The van der Waals surface area contributed by atoms with Crippen molar-refractivity contribution >= 4 is 18.3 Å². The summed E-state index contributed by atoms with van der Waals surface area (Å²) in [6.07, 6.45) is 3.67. The van der Waals surface area contributed by atoms with Crippen LogP contribution in [0.15, 0.2) is 60.7 Å². The first-order chi connectivity index (χ1) is 12.6. The monoisotopic (exact) mass is 386 g/mol. The third-order valence-corrected chi connectivity index (χ3v) is 5.55. The molecule has 0 saturated carbocycles. The molecule has 4 heteroatoms. The van der Waals surface area contributed by atoms with Crippen molar-refractivity contribution < 1.29 is 4.79 Å². The molecule has 1 unspecified atom stereocenters. The Bertz CT molecular complexity index is 684. The molecule has 0 spiro atoms. The molecule has 1 fully saturated rings. The summed E-state index contributed by atoms with van der Waals surface area (Å²) < 4.78 is 0. The fraction of sp³-hybridized carbons (Fsp3) is 0.435. The first-order valence-electron chi connectivity index (χ1n) is 9.71. The van der Waals surface area contributed by atoms with Gasteiger partial charge in [-0.05, 0) is 54.8 Å². The Kier molecular flexibility index (Phi) is 8.33. The van der Waals surface area contributed by atoms with Crippen molar-refractivity contribution in [1.29, 1.82) is 0 Å². The van der Waals surface area contributed by atoms with E-state index in [1.807, 2.05) is 12.1 Å². The Morgan fingerprint density at radius 1 is 1.04 bits per heavy atom. The number of benzene rings is 2. The van der Waals surface area contributed by atoms with Crippen LogP contribution in [0, 0.1) is 5.41 Å². The lowest BCUT2D eigenvalue weighted by Crippen LogP contribution is -2.43. The number of amides is 1. The van der Waals surface area contributed by atoms with Crippen molar-refractivity contribution in [3.05, 3.63) is 71.8 Å². The smallest absolute Gasteiger partial charge is 0.220 e. The summed E-state index contributed by atoms with van der Waals surface area (Å²) in [6.45, 7) is 5.16. The Morgan fingerprint density at radius 3 is 2.26 bits per heavy atom.